The van der Waals surface area contributed by atoms with Crippen molar-refractivity contribution in [1.82, 2.24) is 10.2 Å². The maximum absolute atomic E-state index is 5.55. The van der Waals surface area contributed by atoms with Gasteiger partial charge in [0.15, 0.2) is 0 Å². The normalized spacial score (nSPS) is 40.9. The van der Waals surface area contributed by atoms with Gasteiger partial charge in [-0.3, -0.25) is 4.90 Å². The Labute approximate surface area is 116 Å². The lowest BCUT2D eigenvalue weighted by molar-refractivity contribution is -0.0588. The molecule has 0 amide bonds. The van der Waals surface area contributed by atoms with Crippen molar-refractivity contribution in [3.05, 3.63) is 0 Å². The molecule has 4 heteroatoms. The molecule has 0 aromatic rings. The minimum Gasteiger partial charge on any atom is -0.384 e. The van der Waals surface area contributed by atoms with E-state index in [0.29, 0.717) is 5.41 Å². The number of piperidine rings is 1. The van der Waals surface area contributed by atoms with E-state index < -0.39 is 0 Å². The topological polar surface area (TPSA) is 33.7 Å². The number of nitrogens with one attached hydrogen (secondary N) is 1. The van der Waals surface area contributed by atoms with Crippen LogP contribution in [0.4, 0.5) is 0 Å². The number of ether oxygens (including phenoxy) is 2. The highest BCUT2D eigenvalue weighted by atomic mass is 16.5. The van der Waals surface area contributed by atoms with Crippen molar-refractivity contribution < 1.29 is 9.47 Å². The third-order valence-electron chi connectivity index (χ3n) is 5.54. The van der Waals surface area contributed by atoms with Crippen molar-refractivity contribution in [2.75, 3.05) is 53.1 Å². The zero-order valence-corrected chi connectivity index (χ0v) is 12.2. The molecule has 19 heavy (non-hydrogen) atoms. The molecule has 2 saturated heterocycles. The minimum absolute atomic E-state index is 0.412. The first-order valence-corrected chi connectivity index (χ1v) is 7.85. The van der Waals surface area contributed by atoms with E-state index in [9.17, 15) is 0 Å². The highest BCUT2D eigenvalue weighted by Gasteiger charge is 2.45. The van der Waals surface area contributed by atoms with Gasteiger partial charge >= 0.3 is 0 Å². The summed E-state index contributed by atoms with van der Waals surface area (Å²) in [7, 11) is 1.86. The number of hydrogen-bond acceptors (Lipinski definition) is 4. The monoisotopic (exact) mass is 268 g/mol. The summed E-state index contributed by atoms with van der Waals surface area (Å²) in [6, 6.07) is 0.789. The lowest BCUT2D eigenvalue weighted by atomic mass is 9.62. The van der Waals surface area contributed by atoms with Crippen molar-refractivity contribution in [2.45, 2.75) is 31.7 Å². The Morgan fingerprint density at radius 1 is 1.32 bits per heavy atom. The number of morpholine rings is 1. The van der Waals surface area contributed by atoms with E-state index in [0.717, 1.165) is 51.4 Å². The highest BCUT2D eigenvalue weighted by Crippen LogP contribution is 2.45. The van der Waals surface area contributed by atoms with Crippen LogP contribution in [0.2, 0.25) is 0 Å². The number of hydrogen-bond donors (Lipinski definition) is 1. The molecule has 1 saturated carbocycles. The number of nitrogens with zero attached hydrogens (tertiary/aromatic N) is 1. The van der Waals surface area contributed by atoms with Crippen molar-refractivity contribution in [1.29, 1.82) is 0 Å². The molecule has 0 aromatic carbocycles. The van der Waals surface area contributed by atoms with Crippen LogP contribution in [0.3, 0.4) is 0 Å². The predicted octanol–water partition coefficient (Wildman–Crippen LogP) is 1.11. The van der Waals surface area contributed by atoms with E-state index in [2.05, 4.69) is 10.2 Å². The molecule has 1 N–H and O–H groups in total. The zero-order valence-electron chi connectivity index (χ0n) is 12.2. The summed E-state index contributed by atoms with van der Waals surface area (Å²) in [5, 5.41) is 3.59. The average molecular weight is 268 g/mol. The number of fused-ring (bicyclic) bond motifs is 1. The molecule has 4 nitrogen and oxygen atoms in total. The largest absolute Gasteiger partial charge is 0.384 e. The Morgan fingerprint density at radius 2 is 2.16 bits per heavy atom. The van der Waals surface area contributed by atoms with E-state index in [4.69, 9.17) is 9.47 Å². The number of methoxy groups -OCH3 is 1. The molecule has 1 aliphatic carbocycles. The molecule has 0 aromatic heterocycles. The van der Waals surface area contributed by atoms with E-state index in [1.165, 1.54) is 32.2 Å². The first-order chi connectivity index (χ1) is 9.34. The van der Waals surface area contributed by atoms with Gasteiger partial charge in [0.25, 0.3) is 0 Å². The average Bonchev–Trinajstić information content (AvgIpc) is 2.48. The molecule has 0 radical (unpaired) electrons. The quantitative estimate of drug-likeness (QED) is 0.831. The van der Waals surface area contributed by atoms with Gasteiger partial charge in [-0.15, -0.1) is 0 Å². The van der Waals surface area contributed by atoms with Crippen molar-refractivity contribution >= 4 is 0 Å². The molecule has 3 atom stereocenters. The van der Waals surface area contributed by atoms with Crippen LogP contribution < -0.4 is 5.32 Å². The van der Waals surface area contributed by atoms with Crippen molar-refractivity contribution in [2.24, 2.45) is 11.3 Å². The molecule has 3 aliphatic rings. The maximum atomic E-state index is 5.55. The standard InChI is InChI=1S/C15H28N2O2/c1-18-12-15-4-2-14(17-6-8-19-9-7-17)10-13(15)3-5-16-11-15/h13-14,16H,2-12H2,1H3/t13-,14-,15+/m1/s1. The second-order valence-corrected chi connectivity index (χ2v) is 6.53. The fourth-order valence-corrected chi connectivity index (χ4v) is 4.43. The summed E-state index contributed by atoms with van der Waals surface area (Å²) in [6.45, 7) is 7.38. The Bertz CT molecular complexity index is 290. The van der Waals surface area contributed by atoms with Gasteiger partial charge in [-0.1, -0.05) is 0 Å². The van der Waals surface area contributed by atoms with Crippen LogP contribution in [-0.2, 0) is 9.47 Å². The van der Waals surface area contributed by atoms with Gasteiger partial charge in [0, 0.05) is 38.2 Å². The molecule has 3 fully saturated rings. The lowest BCUT2D eigenvalue weighted by Crippen LogP contribution is -2.56. The zero-order chi connectivity index (χ0) is 13.1. The fraction of sp³-hybridized carbons (Fsp3) is 1.00. The molecule has 110 valence electrons. The highest BCUT2D eigenvalue weighted by molar-refractivity contribution is 4.99. The summed E-state index contributed by atoms with van der Waals surface area (Å²) < 4.78 is 11.0. The van der Waals surface area contributed by atoms with E-state index >= 15 is 0 Å². The van der Waals surface area contributed by atoms with Gasteiger partial charge in [0.1, 0.15) is 0 Å². The minimum atomic E-state index is 0.412. The Kier molecular flexibility index (Phi) is 4.42. The molecule has 2 heterocycles. The van der Waals surface area contributed by atoms with Gasteiger partial charge in [0.05, 0.1) is 19.8 Å². The molecule has 0 spiro atoms. The summed E-state index contributed by atoms with van der Waals surface area (Å²) in [5.74, 6) is 0.843. The van der Waals surface area contributed by atoms with E-state index in [1.54, 1.807) is 0 Å². The number of rotatable bonds is 3. The third kappa shape index (κ3) is 2.82. The van der Waals surface area contributed by atoms with Gasteiger partial charge in [-0.2, -0.15) is 0 Å². The fourth-order valence-electron chi connectivity index (χ4n) is 4.43. The van der Waals surface area contributed by atoms with Gasteiger partial charge in [-0.25, -0.2) is 0 Å². The summed E-state index contributed by atoms with van der Waals surface area (Å²) in [4.78, 5) is 2.67. The molecule has 3 rings (SSSR count). The Hall–Kier alpha value is -0.160. The Balaban J connectivity index is 1.64. The van der Waals surface area contributed by atoms with Crippen LogP contribution in [0.5, 0.6) is 0 Å². The van der Waals surface area contributed by atoms with Gasteiger partial charge < -0.3 is 14.8 Å². The van der Waals surface area contributed by atoms with Crippen LogP contribution in [-0.4, -0.2) is 64.1 Å². The maximum Gasteiger partial charge on any atom is 0.0594 e. The lowest BCUT2D eigenvalue weighted by Gasteiger charge is -2.51. The molecular weight excluding hydrogens is 240 g/mol. The molecular formula is C15H28N2O2. The third-order valence-corrected chi connectivity index (χ3v) is 5.54. The van der Waals surface area contributed by atoms with Crippen LogP contribution in [0.1, 0.15) is 25.7 Å². The summed E-state index contributed by atoms with van der Waals surface area (Å²) in [5.41, 5.74) is 0.412. The van der Waals surface area contributed by atoms with Crippen LogP contribution in [0.25, 0.3) is 0 Å². The van der Waals surface area contributed by atoms with E-state index in [1.807, 2.05) is 7.11 Å². The Morgan fingerprint density at radius 3 is 2.95 bits per heavy atom. The van der Waals surface area contributed by atoms with Crippen molar-refractivity contribution in [3.8, 4) is 0 Å². The molecule has 0 bridgehead atoms. The smallest absolute Gasteiger partial charge is 0.0594 e. The van der Waals surface area contributed by atoms with Crippen LogP contribution in [0, 0.1) is 11.3 Å². The van der Waals surface area contributed by atoms with Gasteiger partial charge in [0.2, 0.25) is 0 Å². The van der Waals surface area contributed by atoms with Gasteiger partial charge in [-0.05, 0) is 38.1 Å². The first kappa shape index (κ1) is 13.8. The SMILES string of the molecule is COC[C@@]12CC[C@@H](N3CCOCC3)C[C@H]1CCNC2. The van der Waals surface area contributed by atoms with Crippen LogP contribution >= 0.6 is 0 Å². The summed E-state index contributed by atoms with van der Waals surface area (Å²) in [6.07, 6.45) is 5.34. The molecule has 2 aliphatic heterocycles. The summed E-state index contributed by atoms with van der Waals surface area (Å²) >= 11 is 0. The predicted molar refractivity (Wildman–Crippen MR) is 75.3 cm³/mol. The second kappa shape index (κ2) is 6.08. The molecule has 0 unspecified atom stereocenters. The second-order valence-electron chi connectivity index (χ2n) is 6.53. The van der Waals surface area contributed by atoms with Crippen LogP contribution in [0.15, 0.2) is 0 Å². The van der Waals surface area contributed by atoms with Crippen molar-refractivity contribution in [3.63, 3.8) is 0 Å². The van der Waals surface area contributed by atoms with E-state index in [-0.39, 0.29) is 0 Å². The first-order valence-electron chi connectivity index (χ1n) is 7.85.